The number of ether oxygens (including phenoxy) is 2. The van der Waals surface area contributed by atoms with Crippen LogP contribution in [-0.2, 0) is 10.2 Å². The third kappa shape index (κ3) is 3.17. The van der Waals surface area contributed by atoms with E-state index in [1.165, 1.54) is 56.5 Å². The number of carbonyl (C=O) groups is 1. The predicted octanol–water partition coefficient (Wildman–Crippen LogP) is 4.91. The monoisotopic (exact) mass is 378 g/mol. The van der Waals surface area contributed by atoms with Gasteiger partial charge in [-0.25, -0.2) is 14.8 Å². The molecule has 1 aromatic carbocycles. The van der Waals surface area contributed by atoms with Crippen molar-refractivity contribution >= 4 is 5.97 Å². The average molecular weight is 378 g/mol. The molecule has 0 atom stereocenters. The van der Waals surface area contributed by atoms with Crippen LogP contribution in [0.25, 0.3) is 0 Å². The molecule has 0 amide bonds. The lowest BCUT2D eigenvalue weighted by molar-refractivity contribution is -0.00520. The number of rotatable bonds is 5. The van der Waals surface area contributed by atoms with Crippen LogP contribution in [0.5, 0.6) is 11.5 Å². The number of benzene rings is 1. The summed E-state index contributed by atoms with van der Waals surface area (Å²) >= 11 is 0. The standard InChI is InChI=1S/C23H26N2O3/c1-2-27-22(26)21-24-13-20(14-25-21)28-19-5-3-18(4-6-19)23-10-15-7-16(11-23)9-17(8-15)12-23/h3-6,13-17H,2,7-12H2,1H3. The normalized spacial score (nSPS) is 30.2. The van der Waals surface area contributed by atoms with Gasteiger partial charge in [-0.15, -0.1) is 0 Å². The molecule has 1 aromatic heterocycles. The van der Waals surface area contributed by atoms with E-state index in [1.54, 1.807) is 6.92 Å². The fraction of sp³-hybridized carbons (Fsp3) is 0.522. The van der Waals surface area contributed by atoms with Crippen molar-refractivity contribution in [1.82, 2.24) is 9.97 Å². The van der Waals surface area contributed by atoms with Crippen molar-refractivity contribution in [3.63, 3.8) is 0 Å². The van der Waals surface area contributed by atoms with Crippen LogP contribution in [0.2, 0.25) is 0 Å². The molecule has 4 bridgehead atoms. The molecule has 4 saturated carbocycles. The van der Waals surface area contributed by atoms with E-state index >= 15 is 0 Å². The summed E-state index contributed by atoms with van der Waals surface area (Å²) in [6.45, 7) is 2.05. The zero-order valence-electron chi connectivity index (χ0n) is 16.3. The first kappa shape index (κ1) is 17.7. The lowest BCUT2D eigenvalue weighted by Gasteiger charge is -2.57. The molecule has 0 aliphatic heterocycles. The van der Waals surface area contributed by atoms with Crippen LogP contribution in [0.15, 0.2) is 36.7 Å². The summed E-state index contributed by atoms with van der Waals surface area (Å²) in [6.07, 6.45) is 11.5. The minimum absolute atomic E-state index is 0.0476. The zero-order valence-corrected chi connectivity index (χ0v) is 16.3. The molecule has 0 radical (unpaired) electrons. The lowest BCUT2D eigenvalue weighted by Crippen LogP contribution is -2.48. The second-order valence-corrected chi connectivity index (χ2v) is 8.79. The first-order chi connectivity index (χ1) is 13.6. The molecule has 2 aromatic rings. The highest BCUT2D eigenvalue weighted by molar-refractivity contribution is 5.84. The molecule has 146 valence electrons. The minimum Gasteiger partial charge on any atom is -0.460 e. The van der Waals surface area contributed by atoms with E-state index in [2.05, 4.69) is 22.1 Å². The smallest absolute Gasteiger partial charge is 0.376 e. The highest BCUT2D eigenvalue weighted by Crippen LogP contribution is 2.60. The predicted molar refractivity (Wildman–Crippen MR) is 104 cm³/mol. The van der Waals surface area contributed by atoms with E-state index in [0.29, 0.717) is 17.8 Å². The number of aromatic nitrogens is 2. The van der Waals surface area contributed by atoms with E-state index in [-0.39, 0.29) is 5.82 Å². The van der Waals surface area contributed by atoms with Gasteiger partial charge in [0.05, 0.1) is 19.0 Å². The Morgan fingerprint density at radius 1 is 0.964 bits per heavy atom. The van der Waals surface area contributed by atoms with Crippen molar-refractivity contribution in [1.29, 1.82) is 0 Å². The average Bonchev–Trinajstić information content (AvgIpc) is 2.68. The third-order valence-corrected chi connectivity index (χ3v) is 6.83. The van der Waals surface area contributed by atoms with E-state index in [1.807, 2.05) is 12.1 Å². The van der Waals surface area contributed by atoms with Gasteiger partial charge in [-0.2, -0.15) is 0 Å². The first-order valence-corrected chi connectivity index (χ1v) is 10.4. The topological polar surface area (TPSA) is 61.3 Å². The van der Waals surface area contributed by atoms with Crippen LogP contribution in [0.3, 0.4) is 0 Å². The first-order valence-electron chi connectivity index (χ1n) is 10.4. The maximum Gasteiger partial charge on any atom is 0.376 e. The maximum atomic E-state index is 11.6. The highest BCUT2D eigenvalue weighted by atomic mass is 16.5. The van der Waals surface area contributed by atoms with Gasteiger partial charge in [0.15, 0.2) is 5.75 Å². The van der Waals surface area contributed by atoms with Crippen molar-refractivity contribution in [2.24, 2.45) is 17.8 Å². The van der Waals surface area contributed by atoms with Crippen LogP contribution >= 0.6 is 0 Å². The van der Waals surface area contributed by atoms with Gasteiger partial charge in [0.2, 0.25) is 5.82 Å². The van der Waals surface area contributed by atoms with Crippen LogP contribution in [0.4, 0.5) is 0 Å². The van der Waals surface area contributed by atoms with Crippen molar-refractivity contribution in [2.45, 2.75) is 50.9 Å². The Kier molecular flexibility index (Phi) is 4.33. The Balaban J connectivity index is 1.29. The van der Waals surface area contributed by atoms with Gasteiger partial charge >= 0.3 is 5.97 Å². The minimum atomic E-state index is -0.519. The van der Waals surface area contributed by atoms with Crippen LogP contribution in [-0.4, -0.2) is 22.5 Å². The summed E-state index contributed by atoms with van der Waals surface area (Å²) in [5.41, 5.74) is 1.88. The molecule has 0 spiro atoms. The maximum absolute atomic E-state index is 11.6. The zero-order chi connectivity index (χ0) is 19.1. The van der Waals surface area contributed by atoms with E-state index < -0.39 is 5.97 Å². The second-order valence-electron chi connectivity index (χ2n) is 8.79. The van der Waals surface area contributed by atoms with Gasteiger partial charge in [-0.3, -0.25) is 0 Å². The highest BCUT2D eigenvalue weighted by Gasteiger charge is 2.51. The molecular weight excluding hydrogens is 352 g/mol. The van der Waals surface area contributed by atoms with Crippen molar-refractivity contribution < 1.29 is 14.3 Å². The molecule has 28 heavy (non-hydrogen) atoms. The second kappa shape index (κ2) is 6.87. The molecule has 1 heterocycles. The SMILES string of the molecule is CCOC(=O)c1ncc(Oc2ccc(C34CC5CC(CC(C5)C3)C4)cc2)cn1. The summed E-state index contributed by atoms with van der Waals surface area (Å²) in [5.74, 6) is 3.63. The number of nitrogens with zero attached hydrogens (tertiary/aromatic N) is 2. The number of hydrogen-bond acceptors (Lipinski definition) is 5. The Morgan fingerprint density at radius 2 is 1.54 bits per heavy atom. The lowest BCUT2D eigenvalue weighted by atomic mass is 9.48. The van der Waals surface area contributed by atoms with Gasteiger partial charge in [-0.1, -0.05) is 12.1 Å². The summed E-state index contributed by atoms with van der Waals surface area (Å²) < 4.78 is 10.8. The molecule has 4 fully saturated rings. The van der Waals surface area contributed by atoms with Gasteiger partial charge < -0.3 is 9.47 Å². The Bertz CT molecular complexity index is 825. The fourth-order valence-electron chi connectivity index (χ4n) is 6.15. The number of esters is 1. The van der Waals surface area contributed by atoms with Crippen LogP contribution < -0.4 is 4.74 Å². The van der Waals surface area contributed by atoms with Crippen LogP contribution in [0.1, 0.15) is 61.6 Å². The third-order valence-electron chi connectivity index (χ3n) is 6.83. The van der Waals surface area contributed by atoms with Gasteiger partial charge in [0, 0.05) is 0 Å². The Hall–Kier alpha value is -2.43. The van der Waals surface area contributed by atoms with Crippen LogP contribution in [0, 0.1) is 17.8 Å². The fourth-order valence-corrected chi connectivity index (χ4v) is 6.15. The summed E-state index contributed by atoms with van der Waals surface area (Å²) in [6, 6.07) is 8.59. The van der Waals surface area contributed by atoms with Gasteiger partial charge in [0.25, 0.3) is 0 Å². The molecule has 5 nitrogen and oxygen atoms in total. The quantitative estimate of drug-likeness (QED) is 0.692. The molecule has 0 saturated heterocycles. The molecule has 6 rings (SSSR count). The van der Waals surface area contributed by atoms with Crippen molar-refractivity contribution in [3.8, 4) is 11.5 Å². The number of hydrogen-bond donors (Lipinski definition) is 0. The van der Waals surface area contributed by atoms with Crippen molar-refractivity contribution in [2.75, 3.05) is 6.61 Å². The Labute approximate surface area is 165 Å². The van der Waals surface area contributed by atoms with E-state index in [0.717, 1.165) is 23.5 Å². The van der Waals surface area contributed by atoms with Crippen molar-refractivity contribution in [3.05, 3.63) is 48.0 Å². The molecule has 4 aliphatic carbocycles. The molecule has 5 heteroatoms. The largest absolute Gasteiger partial charge is 0.460 e. The summed E-state index contributed by atoms with van der Waals surface area (Å²) in [5, 5.41) is 0. The summed E-state index contributed by atoms with van der Waals surface area (Å²) in [7, 11) is 0. The number of carbonyl (C=O) groups excluding carboxylic acids is 1. The van der Waals surface area contributed by atoms with Gasteiger partial charge in [0.1, 0.15) is 5.75 Å². The van der Waals surface area contributed by atoms with E-state index in [9.17, 15) is 4.79 Å². The van der Waals surface area contributed by atoms with E-state index in [4.69, 9.17) is 9.47 Å². The molecular formula is C23H26N2O3. The summed E-state index contributed by atoms with van der Waals surface area (Å²) in [4.78, 5) is 19.7. The molecule has 0 N–H and O–H groups in total. The molecule has 0 unspecified atom stereocenters. The molecule has 4 aliphatic rings. The Morgan fingerprint density at radius 3 is 2.07 bits per heavy atom. The van der Waals surface area contributed by atoms with Gasteiger partial charge in [-0.05, 0) is 86.3 Å².